The Hall–Kier alpha value is -7.17. The van der Waals surface area contributed by atoms with Gasteiger partial charge in [-0.3, -0.25) is 4.98 Å². The lowest BCUT2D eigenvalue weighted by Gasteiger charge is -2.14. The van der Waals surface area contributed by atoms with Crippen molar-refractivity contribution in [3.05, 3.63) is 188 Å². The molecule has 0 N–H and O–H groups in total. The Labute approximate surface area is 306 Å². The summed E-state index contributed by atoms with van der Waals surface area (Å²) in [6, 6.07) is 61.4. The van der Waals surface area contributed by atoms with Crippen molar-refractivity contribution in [2.75, 3.05) is 0 Å². The number of nitrogens with zero attached hydrogens (tertiary/aromatic N) is 3. The molecule has 0 bridgehead atoms. The van der Waals surface area contributed by atoms with Gasteiger partial charge in [-0.15, -0.1) is 0 Å². The number of furan rings is 1. The van der Waals surface area contributed by atoms with E-state index in [-0.39, 0.29) is 0 Å². The molecule has 4 nitrogen and oxygen atoms in total. The van der Waals surface area contributed by atoms with E-state index in [0.717, 1.165) is 83.4 Å². The first-order chi connectivity index (χ1) is 26.2. The van der Waals surface area contributed by atoms with Crippen molar-refractivity contribution in [3.63, 3.8) is 0 Å². The summed E-state index contributed by atoms with van der Waals surface area (Å²) in [7, 11) is 0. The van der Waals surface area contributed by atoms with E-state index < -0.39 is 0 Å². The van der Waals surface area contributed by atoms with Gasteiger partial charge < -0.3 is 4.42 Å². The minimum absolute atomic E-state index is 0.672. The molecule has 3 aromatic heterocycles. The lowest BCUT2D eigenvalue weighted by Crippen LogP contribution is -1.97. The first kappa shape index (κ1) is 30.6. The van der Waals surface area contributed by atoms with Gasteiger partial charge >= 0.3 is 0 Å². The highest BCUT2D eigenvalue weighted by molar-refractivity contribution is 6.10. The Kier molecular flexibility index (Phi) is 7.43. The highest BCUT2D eigenvalue weighted by Gasteiger charge is 2.17. The molecular formula is C49H31N3O. The SMILES string of the molecule is c1ccc(-c2nc(-c3ccc(-c4cccnc4)cc3)cc(-c3cc(-c4cccc5ccccc45)cc(-c4cccc5c4oc4ccccc45)c3)n2)cc1. The molecule has 0 spiro atoms. The molecule has 0 amide bonds. The number of hydrogen-bond donors (Lipinski definition) is 0. The fourth-order valence-electron chi connectivity index (χ4n) is 7.36. The van der Waals surface area contributed by atoms with Crippen LogP contribution in [0.5, 0.6) is 0 Å². The first-order valence-electron chi connectivity index (χ1n) is 17.7. The van der Waals surface area contributed by atoms with Crippen LogP contribution in [0.25, 0.3) is 100.0 Å². The maximum Gasteiger partial charge on any atom is 0.160 e. The summed E-state index contributed by atoms with van der Waals surface area (Å²) in [6.07, 6.45) is 3.68. The van der Waals surface area contributed by atoms with Gasteiger partial charge in [0.05, 0.1) is 11.4 Å². The van der Waals surface area contributed by atoms with Crippen LogP contribution in [0.15, 0.2) is 193 Å². The zero-order valence-corrected chi connectivity index (χ0v) is 28.6. The lowest BCUT2D eigenvalue weighted by atomic mass is 9.91. The quantitative estimate of drug-likeness (QED) is 0.176. The molecule has 0 saturated carbocycles. The number of fused-ring (bicyclic) bond motifs is 4. The number of aromatic nitrogens is 3. The largest absolute Gasteiger partial charge is 0.455 e. The smallest absolute Gasteiger partial charge is 0.160 e. The standard InChI is InChI=1S/C49H31N3O/c1-2-12-35(13-3-1)49-51-45(34-24-22-32(23-25-34)36-15-10-26-50-31-36)30-46(52-49)39-28-37(41-18-8-14-33-11-4-5-16-40(33)41)27-38(29-39)42-19-9-20-44-43-17-6-7-21-47(43)53-48(42)44/h1-31H. The molecule has 3 heterocycles. The molecule has 4 heteroatoms. The van der Waals surface area contributed by atoms with Crippen LogP contribution in [0.4, 0.5) is 0 Å². The molecule has 10 rings (SSSR count). The molecule has 0 fully saturated rings. The third-order valence-corrected chi connectivity index (χ3v) is 9.98. The Morgan fingerprint density at radius 2 is 1.00 bits per heavy atom. The van der Waals surface area contributed by atoms with E-state index in [0.29, 0.717) is 5.82 Å². The van der Waals surface area contributed by atoms with E-state index in [1.165, 1.54) is 10.8 Å². The zero-order valence-electron chi connectivity index (χ0n) is 28.6. The Bertz CT molecular complexity index is 2930. The fraction of sp³-hybridized carbons (Fsp3) is 0. The average Bonchev–Trinajstić information content (AvgIpc) is 3.63. The molecule has 0 aliphatic carbocycles. The van der Waals surface area contributed by atoms with Crippen molar-refractivity contribution in [3.8, 4) is 67.3 Å². The van der Waals surface area contributed by atoms with Gasteiger partial charge in [0.2, 0.25) is 0 Å². The second-order valence-corrected chi connectivity index (χ2v) is 13.3. The summed E-state index contributed by atoms with van der Waals surface area (Å²) >= 11 is 0. The molecule has 53 heavy (non-hydrogen) atoms. The summed E-state index contributed by atoms with van der Waals surface area (Å²) < 4.78 is 6.57. The summed E-state index contributed by atoms with van der Waals surface area (Å²) in [6.45, 7) is 0. The molecule has 0 aliphatic heterocycles. The molecule has 0 saturated heterocycles. The molecule has 248 valence electrons. The monoisotopic (exact) mass is 677 g/mol. The summed E-state index contributed by atoms with van der Waals surface area (Å²) in [4.78, 5) is 14.7. The number of pyridine rings is 1. The minimum atomic E-state index is 0.672. The topological polar surface area (TPSA) is 51.8 Å². The van der Waals surface area contributed by atoms with Gasteiger partial charge in [-0.25, -0.2) is 9.97 Å². The highest BCUT2D eigenvalue weighted by Crippen LogP contribution is 2.41. The predicted octanol–water partition coefficient (Wildman–Crippen LogP) is 12.9. The van der Waals surface area contributed by atoms with E-state index in [4.69, 9.17) is 14.4 Å². The van der Waals surface area contributed by atoms with Crippen molar-refractivity contribution in [2.45, 2.75) is 0 Å². The fourth-order valence-corrected chi connectivity index (χ4v) is 7.36. The normalized spacial score (nSPS) is 11.4. The van der Waals surface area contributed by atoms with Crippen LogP contribution >= 0.6 is 0 Å². The molecule has 0 radical (unpaired) electrons. The van der Waals surface area contributed by atoms with Crippen LogP contribution in [-0.2, 0) is 0 Å². The maximum atomic E-state index is 6.57. The van der Waals surface area contributed by atoms with Crippen LogP contribution in [0.3, 0.4) is 0 Å². The summed E-state index contributed by atoms with van der Waals surface area (Å²) in [5.41, 5.74) is 12.9. The van der Waals surface area contributed by atoms with E-state index in [1.54, 1.807) is 6.20 Å². The van der Waals surface area contributed by atoms with Crippen molar-refractivity contribution < 1.29 is 4.42 Å². The van der Waals surface area contributed by atoms with Crippen molar-refractivity contribution >= 4 is 32.7 Å². The van der Waals surface area contributed by atoms with Crippen LogP contribution in [0.2, 0.25) is 0 Å². The van der Waals surface area contributed by atoms with Gasteiger partial charge in [0.25, 0.3) is 0 Å². The average molecular weight is 678 g/mol. The molecule has 10 aromatic rings. The maximum absolute atomic E-state index is 6.57. The third-order valence-electron chi connectivity index (χ3n) is 9.98. The second kappa shape index (κ2) is 12.9. The van der Waals surface area contributed by atoms with Gasteiger partial charge in [0.1, 0.15) is 11.2 Å². The number of hydrogen-bond acceptors (Lipinski definition) is 4. The number of benzene rings is 7. The minimum Gasteiger partial charge on any atom is -0.455 e. The van der Waals surface area contributed by atoms with Gasteiger partial charge in [-0.1, -0.05) is 140 Å². The molecule has 0 atom stereocenters. The van der Waals surface area contributed by atoms with Gasteiger partial charge in [0.15, 0.2) is 5.82 Å². The number of rotatable bonds is 6. The third kappa shape index (κ3) is 5.63. The van der Waals surface area contributed by atoms with Crippen molar-refractivity contribution in [2.24, 2.45) is 0 Å². The highest BCUT2D eigenvalue weighted by atomic mass is 16.3. The first-order valence-corrected chi connectivity index (χ1v) is 17.7. The molecular weight excluding hydrogens is 647 g/mol. The van der Waals surface area contributed by atoms with Crippen LogP contribution in [0, 0.1) is 0 Å². The van der Waals surface area contributed by atoms with E-state index in [2.05, 4.69) is 145 Å². The van der Waals surface area contributed by atoms with E-state index >= 15 is 0 Å². The Balaban J connectivity index is 1.20. The van der Waals surface area contributed by atoms with Gasteiger partial charge in [-0.05, 0) is 75.0 Å². The molecule has 7 aromatic carbocycles. The van der Waals surface area contributed by atoms with Crippen molar-refractivity contribution in [1.29, 1.82) is 0 Å². The number of para-hydroxylation sites is 2. The summed E-state index contributed by atoms with van der Waals surface area (Å²) in [5, 5.41) is 4.60. The van der Waals surface area contributed by atoms with Crippen LogP contribution < -0.4 is 0 Å². The van der Waals surface area contributed by atoms with E-state index in [9.17, 15) is 0 Å². The molecule has 0 aliphatic rings. The van der Waals surface area contributed by atoms with Gasteiger partial charge in [-0.2, -0.15) is 0 Å². The molecule has 0 unspecified atom stereocenters. The summed E-state index contributed by atoms with van der Waals surface area (Å²) in [5.74, 6) is 0.672. The van der Waals surface area contributed by atoms with Crippen LogP contribution in [-0.4, -0.2) is 15.0 Å². The predicted molar refractivity (Wildman–Crippen MR) is 217 cm³/mol. The van der Waals surface area contributed by atoms with Crippen molar-refractivity contribution in [1.82, 2.24) is 15.0 Å². The van der Waals surface area contributed by atoms with Gasteiger partial charge in [0, 0.05) is 45.4 Å². The second-order valence-electron chi connectivity index (χ2n) is 13.3. The lowest BCUT2D eigenvalue weighted by molar-refractivity contribution is 0.670. The Morgan fingerprint density at radius 3 is 1.83 bits per heavy atom. The van der Waals surface area contributed by atoms with E-state index in [1.807, 2.05) is 42.6 Å². The van der Waals surface area contributed by atoms with Crippen LogP contribution in [0.1, 0.15) is 0 Å². The zero-order chi connectivity index (χ0) is 35.1. The Morgan fingerprint density at radius 1 is 0.377 bits per heavy atom.